The largest absolute Gasteiger partial charge is 0.496 e. The number of fused-ring (bicyclic) bond motifs is 1. The van der Waals surface area contributed by atoms with Gasteiger partial charge in [0.25, 0.3) is 0 Å². The van der Waals surface area contributed by atoms with Crippen molar-refractivity contribution in [1.82, 2.24) is 24.5 Å². The number of likely N-dealkylation sites (N-methyl/N-ethyl adjacent to an activating group) is 1. The molecule has 0 aliphatic carbocycles. The molecule has 8 heteroatoms. The average Bonchev–Trinajstić information content (AvgIpc) is 3.19. The van der Waals surface area contributed by atoms with Crippen LogP contribution < -0.4 is 4.74 Å². The van der Waals surface area contributed by atoms with Gasteiger partial charge in [0.2, 0.25) is 11.8 Å². The third-order valence-electron chi connectivity index (χ3n) is 5.46. The Labute approximate surface area is 164 Å². The van der Waals surface area contributed by atoms with Gasteiger partial charge in [-0.3, -0.25) is 19.2 Å². The Kier molecular flexibility index (Phi) is 5.04. The summed E-state index contributed by atoms with van der Waals surface area (Å²) in [7, 11) is 3.37. The van der Waals surface area contributed by atoms with Crippen molar-refractivity contribution in [3.63, 3.8) is 0 Å². The fraction of sp³-hybridized carbons (Fsp3) is 0.450. The number of piperazine rings is 2. The van der Waals surface area contributed by atoms with E-state index in [9.17, 15) is 9.59 Å². The predicted molar refractivity (Wildman–Crippen MR) is 103 cm³/mol. The molecule has 2 aliphatic heterocycles. The highest BCUT2D eigenvalue weighted by molar-refractivity contribution is 5.95. The second kappa shape index (κ2) is 7.63. The topological polar surface area (TPSA) is 70.9 Å². The fourth-order valence-electron chi connectivity index (χ4n) is 4.00. The minimum absolute atomic E-state index is 0.0263. The average molecular weight is 383 g/mol. The van der Waals surface area contributed by atoms with E-state index in [1.54, 1.807) is 25.3 Å². The van der Waals surface area contributed by atoms with Gasteiger partial charge in [0, 0.05) is 51.2 Å². The summed E-state index contributed by atoms with van der Waals surface area (Å²) in [6.45, 7) is 3.48. The molecule has 2 fully saturated rings. The Morgan fingerprint density at radius 1 is 1.21 bits per heavy atom. The van der Waals surface area contributed by atoms with Crippen LogP contribution in [0.5, 0.6) is 5.75 Å². The lowest BCUT2D eigenvalue weighted by Gasteiger charge is -2.45. The standard InChI is InChI=1S/C20H25N5O3/c1-22-14-19(26)25-9-8-23(13-17(25)20(22)27)11-15-4-5-18(28-2)16(10-15)12-24-7-3-6-21-24/h3-7,10,17H,8-9,11-14H2,1-2H3. The monoisotopic (exact) mass is 383 g/mol. The summed E-state index contributed by atoms with van der Waals surface area (Å²) in [5.74, 6) is 0.898. The second-order valence-corrected chi connectivity index (χ2v) is 7.38. The molecule has 4 rings (SSSR count). The van der Waals surface area contributed by atoms with E-state index < -0.39 is 0 Å². The van der Waals surface area contributed by atoms with Gasteiger partial charge in [0.05, 0.1) is 20.2 Å². The molecule has 2 saturated heterocycles. The molecular formula is C20H25N5O3. The van der Waals surface area contributed by atoms with Crippen molar-refractivity contribution in [2.45, 2.75) is 19.1 Å². The highest BCUT2D eigenvalue weighted by atomic mass is 16.5. The van der Waals surface area contributed by atoms with Gasteiger partial charge in [-0.05, 0) is 23.8 Å². The van der Waals surface area contributed by atoms with Gasteiger partial charge in [-0.1, -0.05) is 6.07 Å². The molecule has 1 aromatic carbocycles. The number of methoxy groups -OCH3 is 1. The fourth-order valence-corrected chi connectivity index (χ4v) is 4.00. The Hall–Kier alpha value is -2.87. The molecule has 0 N–H and O–H groups in total. The van der Waals surface area contributed by atoms with Crippen molar-refractivity contribution < 1.29 is 14.3 Å². The summed E-state index contributed by atoms with van der Waals surface area (Å²) in [4.78, 5) is 30.2. The maximum absolute atomic E-state index is 12.5. The molecule has 1 atom stereocenters. The molecular weight excluding hydrogens is 358 g/mol. The van der Waals surface area contributed by atoms with Crippen LogP contribution in [0.3, 0.4) is 0 Å². The van der Waals surface area contributed by atoms with Crippen LogP contribution in [-0.2, 0) is 22.7 Å². The predicted octanol–water partition coefficient (Wildman–Crippen LogP) is 0.425. The molecule has 2 amide bonds. The molecule has 0 spiro atoms. The number of hydrogen-bond acceptors (Lipinski definition) is 5. The number of ether oxygens (including phenoxy) is 1. The molecule has 0 saturated carbocycles. The van der Waals surface area contributed by atoms with Gasteiger partial charge in [-0.2, -0.15) is 5.10 Å². The molecule has 2 aliphatic rings. The third-order valence-corrected chi connectivity index (χ3v) is 5.46. The van der Waals surface area contributed by atoms with E-state index in [0.29, 0.717) is 19.6 Å². The summed E-state index contributed by atoms with van der Waals surface area (Å²) < 4.78 is 7.36. The van der Waals surface area contributed by atoms with Crippen LogP contribution >= 0.6 is 0 Å². The number of benzene rings is 1. The van der Waals surface area contributed by atoms with Crippen LogP contribution in [-0.4, -0.2) is 82.7 Å². The highest BCUT2D eigenvalue weighted by Crippen LogP contribution is 2.23. The Balaban J connectivity index is 1.48. The van der Waals surface area contributed by atoms with E-state index in [0.717, 1.165) is 30.0 Å². The maximum atomic E-state index is 12.5. The van der Waals surface area contributed by atoms with Gasteiger partial charge in [0.15, 0.2) is 0 Å². The zero-order chi connectivity index (χ0) is 19.7. The van der Waals surface area contributed by atoms with Gasteiger partial charge in [-0.15, -0.1) is 0 Å². The second-order valence-electron chi connectivity index (χ2n) is 7.38. The van der Waals surface area contributed by atoms with Crippen LogP contribution in [0.25, 0.3) is 0 Å². The molecule has 8 nitrogen and oxygen atoms in total. The molecule has 148 valence electrons. The lowest BCUT2D eigenvalue weighted by molar-refractivity contribution is -0.158. The summed E-state index contributed by atoms with van der Waals surface area (Å²) in [6, 6.07) is 7.69. The normalized spacial score (nSPS) is 20.4. The number of carbonyl (C=O) groups is 2. The van der Waals surface area contributed by atoms with Crippen molar-refractivity contribution in [3.05, 3.63) is 47.8 Å². The lowest BCUT2D eigenvalue weighted by Crippen LogP contribution is -2.65. The van der Waals surface area contributed by atoms with Crippen LogP contribution in [0.1, 0.15) is 11.1 Å². The van der Waals surface area contributed by atoms with Crippen molar-refractivity contribution in [2.24, 2.45) is 0 Å². The van der Waals surface area contributed by atoms with E-state index in [2.05, 4.69) is 22.1 Å². The first-order valence-electron chi connectivity index (χ1n) is 9.45. The highest BCUT2D eigenvalue weighted by Gasteiger charge is 2.41. The third kappa shape index (κ3) is 3.60. The van der Waals surface area contributed by atoms with E-state index in [-0.39, 0.29) is 24.4 Å². The number of carbonyl (C=O) groups excluding carboxylic acids is 2. The van der Waals surface area contributed by atoms with Crippen LogP contribution in [0.2, 0.25) is 0 Å². The Morgan fingerprint density at radius 3 is 2.82 bits per heavy atom. The van der Waals surface area contributed by atoms with Gasteiger partial charge in [-0.25, -0.2) is 0 Å². The molecule has 0 radical (unpaired) electrons. The SMILES string of the molecule is COc1ccc(CN2CCN3C(=O)CN(C)C(=O)C3C2)cc1Cn1cccn1. The molecule has 1 unspecified atom stereocenters. The quantitative estimate of drug-likeness (QED) is 0.749. The molecule has 2 aromatic rings. The molecule has 3 heterocycles. The van der Waals surface area contributed by atoms with Gasteiger partial charge >= 0.3 is 0 Å². The van der Waals surface area contributed by atoms with E-state index >= 15 is 0 Å². The number of nitrogens with zero attached hydrogens (tertiary/aromatic N) is 5. The Bertz CT molecular complexity index is 867. The first-order valence-corrected chi connectivity index (χ1v) is 9.45. The maximum Gasteiger partial charge on any atom is 0.246 e. The van der Waals surface area contributed by atoms with E-state index in [4.69, 9.17) is 4.74 Å². The number of hydrogen-bond donors (Lipinski definition) is 0. The lowest BCUT2D eigenvalue weighted by atomic mass is 10.0. The zero-order valence-electron chi connectivity index (χ0n) is 16.2. The first kappa shape index (κ1) is 18.5. The van der Waals surface area contributed by atoms with Crippen molar-refractivity contribution in [2.75, 3.05) is 40.3 Å². The molecule has 1 aromatic heterocycles. The van der Waals surface area contributed by atoms with Crippen LogP contribution in [0.4, 0.5) is 0 Å². The first-order chi connectivity index (χ1) is 13.5. The summed E-state index contributed by atoms with van der Waals surface area (Å²) in [5, 5.41) is 4.27. The molecule has 28 heavy (non-hydrogen) atoms. The molecule has 0 bridgehead atoms. The number of amides is 2. The van der Waals surface area contributed by atoms with E-state index in [1.807, 2.05) is 23.0 Å². The number of aromatic nitrogens is 2. The van der Waals surface area contributed by atoms with Gasteiger partial charge in [0.1, 0.15) is 11.8 Å². The minimum Gasteiger partial charge on any atom is -0.496 e. The van der Waals surface area contributed by atoms with E-state index in [1.165, 1.54) is 4.90 Å². The smallest absolute Gasteiger partial charge is 0.246 e. The van der Waals surface area contributed by atoms with Gasteiger partial charge < -0.3 is 14.5 Å². The van der Waals surface area contributed by atoms with Crippen LogP contribution in [0.15, 0.2) is 36.7 Å². The summed E-state index contributed by atoms with van der Waals surface area (Å²) in [5.41, 5.74) is 2.21. The zero-order valence-corrected chi connectivity index (χ0v) is 16.2. The van der Waals surface area contributed by atoms with Crippen molar-refractivity contribution in [1.29, 1.82) is 0 Å². The van der Waals surface area contributed by atoms with Crippen molar-refractivity contribution >= 4 is 11.8 Å². The Morgan fingerprint density at radius 2 is 2.07 bits per heavy atom. The summed E-state index contributed by atoms with van der Waals surface area (Å²) >= 11 is 0. The summed E-state index contributed by atoms with van der Waals surface area (Å²) in [6.07, 6.45) is 3.68. The van der Waals surface area contributed by atoms with Crippen molar-refractivity contribution in [3.8, 4) is 5.75 Å². The minimum atomic E-state index is -0.373. The van der Waals surface area contributed by atoms with Crippen LogP contribution in [0, 0.1) is 0 Å². The number of rotatable bonds is 5.